The Morgan fingerprint density at radius 3 is 2.97 bits per heavy atom. The van der Waals surface area contributed by atoms with E-state index >= 15 is 0 Å². The molecule has 2 aromatic carbocycles. The molecule has 29 heavy (non-hydrogen) atoms. The first kappa shape index (κ1) is 17.3. The van der Waals surface area contributed by atoms with Crippen LogP contribution in [0.25, 0.3) is 16.3 Å². The second-order valence-corrected chi connectivity index (χ2v) is 9.51. The van der Waals surface area contributed by atoms with E-state index in [2.05, 4.69) is 48.3 Å². The Bertz CT molecular complexity index is 1140. The second kappa shape index (κ2) is 6.19. The van der Waals surface area contributed by atoms with Gasteiger partial charge in [-0.15, -0.1) is 0 Å². The van der Waals surface area contributed by atoms with Gasteiger partial charge in [-0.25, -0.2) is 0 Å². The summed E-state index contributed by atoms with van der Waals surface area (Å²) in [5, 5.41) is 12.5. The number of phenols is 1. The average Bonchev–Trinajstić information content (AvgIpc) is 3.10. The van der Waals surface area contributed by atoms with E-state index in [1.165, 1.54) is 53.1 Å². The Morgan fingerprint density at radius 1 is 1.10 bits per heavy atom. The van der Waals surface area contributed by atoms with Crippen molar-refractivity contribution in [3.05, 3.63) is 77.6 Å². The van der Waals surface area contributed by atoms with Crippen molar-refractivity contribution in [1.82, 2.24) is 4.98 Å². The number of rotatable bonds is 1. The zero-order valence-corrected chi connectivity index (χ0v) is 16.9. The number of benzene rings is 2. The third-order valence-corrected chi connectivity index (χ3v) is 8.26. The fraction of sp³-hybridized carbons (Fsp3) is 0.370. The summed E-state index contributed by atoms with van der Waals surface area (Å²) in [6, 6.07) is 14.9. The summed E-state index contributed by atoms with van der Waals surface area (Å²) in [5.41, 5.74) is 6.12. The minimum atomic E-state index is 0.257. The van der Waals surface area contributed by atoms with Gasteiger partial charge in [0.2, 0.25) is 0 Å². The third kappa shape index (κ3) is 2.44. The number of pyridine rings is 1. The highest BCUT2D eigenvalue weighted by molar-refractivity contribution is 5.95. The Kier molecular flexibility index (Phi) is 3.69. The van der Waals surface area contributed by atoms with Crippen LogP contribution in [-0.2, 0) is 6.42 Å². The maximum atomic E-state index is 9.91. The van der Waals surface area contributed by atoms with Gasteiger partial charge in [0.25, 0.3) is 0 Å². The molecule has 3 aromatic rings. The first-order valence-electron chi connectivity index (χ1n) is 11.0. The number of allylic oxidation sites excluding steroid dienone is 2. The molecule has 1 aromatic heterocycles. The predicted octanol–water partition coefficient (Wildman–Crippen LogP) is 6.49. The zero-order valence-electron chi connectivity index (χ0n) is 16.9. The van der Waals surface area contributed by atoms with Crippen molar-refractivity contribution in [1.29, 1.82) is 0 Å². The van der Waals surface area contributed by atoms with E-state index in [9.17, 15) is 5.11 Å². The van der Waals surface area contributed by atoms with Gasteiger partial charge in [-0.2, -0.15) is 0 Å². The summed E-state index contributed by atoms with van der Waals surface area (Å²) in [6.07, 6.45) is 12.5. The van der Waals surface area contributed by atoms with Crippen molar-refractivity contribution < 1.29 is 5.11 Å². The van der Waals surface area contributed by atoms with Crippen LogP contribution in [0.4, 0.5) is 0 Å². The van der Waals surface area contributed by atoms with Crippen LogP contribution in [-0.4, -0.2) is 10.1 Å². The van der Waals surface area contributed by atoms with Gasteiger partial charge in [0.1, 0.15) is 5.75 Å². The fourth-order valence-electron chi connectivity index (χ4n) is 6.91. The van der Waals surface area contributed by atoms with Gasteiger partial charge in [-0.1, -0.05) is 37.3 Å². The van der Waals surface area contributed by atoms with Gasteiger partial charge in [0.05, 0.1) is 0 Å². The molecule has 1 saturated carbocycles. The van der Waals surface area contributed by atoms with Crippen LogP contribution in [0.5, 0.6) is 5.75 Å². The number of fused-ring (bicyclic) bond motifs is 6. The number of hydrogen-bond donors (Lipinski definition) is 1. The monoisotopic (exact) mass is 381 g/mol. The molecule has 0 saturated heterocycles. The summed E-state index contributed by atoms with van der Waals surface area (Å²) >= 11 is 0. The normalized spacial score (nSPS) is 30.4. The fourth-order valence-corrected chi connectivity index (χ4v) is 6.91. The van der Waals surface area contributed by atoms with Gasteiger partial charge >= 0.3 is 0 Å². The summed E-state index contributed by atoms with van der Waals surface area (Å²) in [5.74, 6) is 2.53. The van der Waals surface area contributed by atoms with Gasteiger partial charge in [-0.3, -0.25) is 4.98 Å². The largest absolute Gasteiger partial charge is 0.508 e. The molecule has 2 nitrogen and oxygen atoms in total. The van der Waals surface area contributed by atoms with E-state index in [0.29, 0.717) is 11.7 Å². The van der Waals surface area contributed by atoms with Gasteiger partial charge < -0.3 is 5.11 Å². The van der Waals surface area contributed by atoms with E-state index in [1.807, 2.05) is 24.5 Å². The van der Waals surface area contributed by atoms with E-state index in [-0.39, 0.29) is 5.41 Å². The Balaban J connectivity index is 1.39. The molecular weight excluding hydrogens is 354 g/mol. The van der Waals surface area contributed by atoms with E-state index in [4.69, 9.17) is 0 Å². The van der Waals surface area contributed by atoms with Crippen LogP contribution in [0, 0.1) is 17.3 Å². The molecule has 0 amide bonds. The lowest BCUT2D eigenvalue weighted by atomic mass is 9.54. The molecule has 0 bridgehead atoms. The first-order chi connectivity index (χ1) is 14.1. The number of nitrogens with zero attached hydrogens (tertiary/aromatic N) is 1. The van der Waals surface area contributed by atoms with Crippen LogP contribution >= 0.6 is 0 Å². The standard InChI is InChI=1S/C27H27NO/c1-27-13-11-22-20-8-6-19(29)15-17(20)5-7-24(22)26(27)10-9-25(27)23-4-2-3-18-16-28-14-12-21(18)23/h2-4,6,8-9,12,14-16,22,24,26,29H,5,7,10-11,13H2,1H3/t22-,24-,26+,27-/m1/s1. The maximum absolute atomic E-state index is 9.91. The van der Waals surface area contributed by atoms with Gasteiger partial charge in [0, 0.05) is 17.8 Å². The molecule has 3 aliphatic rings. The quantitative estimate of drug-likeness (QED) is 0.522. The van der Waals surface area contributed by atoms with Crippen LogP contribution in [0.1, 0.15) is 55.2 Å². The summed E-state index contributed by atoms with van der Waals surface area (Å²) in [6.45, 7) is 2.53. The summed E-state index contributed by atoms with van der Waals surface area (Å²) in [7, 11) is 0. The number of aryl methyl sites for hydroxylation is 1. The Hall–Kier alpha value is -2.61. The molecule has 1 N–H and O–H groups in total. The average molecular weight is 382 g/mol. The van der Waals surface area contributed by atoms with Gasteiger partial charge in [0.15, 0.2) is 0 Å². The van der Waals surface area contributed by atoms with Gasteiger partial charge in [-0.05, 0) is 101 Å². The molecule has 1 fully saturated rings. The Labute approximate surface area is 172 Å². The summed E-state index contributed by atoms with van der Waals surface area (Å²) < 4.78 is 0. The maximum Gasteiger partial charge on any atom is 0.115 e. The van der Waals surface area contributed by atoms with Crippen molar-refractivity contribution in [3.63, 3.8) is 0 Å². The molecule has 146 valence electrons. The SMILES string of the molecule is C[C@]12CC[C@@H]3c4ccc(O)cc4CC[C@H]3[C@@H]1CC=C2c1cccc2cnccc12. The number of aromatic hydroxyl groups is 1. The van der Waals surface area contributed by atoms with Crippen molar-refractivity contribution in [2.24, 2.45) is 17.3 Å². The van der Waals surface area contributed by atoms with Crippen molar-refractivity contribution in [2.75, 3.05) is 0 Å². The molecule has 3 aliphatic carbocycles. The summed E-state index contributed by atoms with van der Waals surface area (Å²) in [4.78, 5) is 4.32. The molecule has 1 heterocycles. The van der Waals surface area contributed by atoms with Crippen LogP contribution in [0.2, 0.25) is 0 Å². The highest BCUT2D eigenvalue weighted by Crippen LogP contribution is 2.63. The molecule has 0 spiro atoms. The number of phenolic OH excluding ortho intramolecular Hbond substituents is 1. The topological polar surface area (TPSA) is 33.1 Å². The predicted molar refractivity (Wildman–Crippen MR) is 118 cm³/mol. The van der Waals surface area contributed by atoms with E-state index in [1.54, 1.807) is 5.57 Å². The van der Waals surface area contributed by atoms with Crippen LogP contribution < -0.4 is 0 Å². The molecule has 4 atom stereocenters. The second-order valence-electron chi connectivity index (χ2n) is 9.51. The van der Waals surface area contributed by atoms with E-state index in [0.717, 1.165) is 18.3 Å². The minimum absolute atomic E-state index is 0.257. The van der Waals surface area contributed by atoms with Crippen LogP contribution in [0.15, 0.2) is 60.9 Å². The van der Waals surface area contributed by atoms with Crippen molar-refractivity contribution >= 4 is 16.3 Å². The lowest BCUT2D eigenvalue weighted by Crippen LogP contribution is -2.40. The van der Waals surface area contributed by atoms with Crippen molar-refractivity contribution in [2.45, 2.75) is 44.9 Å². The molecule has 2 heteroatoms. The third-order valence-electron chi connectivity index (χ3n) is 8.26. The molecular formula is C27H27NO. The minimum Gasteiger partial charge on any atom is -0.508 e. The molecule has 0 radical (unpaired) electrons. The number of hydrogen-bond acceptors (Lipinski definition) is 2. The van der Waals surface area contributed by atoms with Crippen molar-refractivity contribution in [3.8, 4) is 5.75 Å². The molecule has 0 unspecified atom stereocenters. The van der Waals surface area contributed by atoms with E-state index < -0.39 is 0 Å². The highest BCUT2D eigenvalue weighted by atomic mass is 16.3. The first-order valence-corrected chi connectivity index (χ1v) is 11.0. The zero-order chi connectivity index (χ0) is 19.6. The smallest absolute Gasteiger partial charge is 0.115 e. The Morgan fingerprint density at radius 2 is 2.03 bits per heavy atom. The number of aromatic nitrogens is 1. The molecule has 6 rings (SSSR count). The molecule has 0 aliphatic heterocycles. The lowest BCUT2D eigenvalue weighted by molar-refractivity contribution is 0.0886. The lowest BCUT2D eigenvalue weighted by Gasteiger charge is -2.50. The van der Waals surface area contributed by atoms with Crippen LogP contribution in [0.3, 0.4) is 0 Å². The highest BCUT2D eigenvalue weighted by Gasteiger charge is 2.52.